The van der Waals surface area contributed by atoms with Gasteiger partial charge in [-0.1, -0.05) is 34.1 Å². The van der Waals surface area contributed by atoms with Gasteiger partial charge < -0.3 is 10.2 Å². The summed E-state index contributed by atoms with van der Waals surface area (Å²) in [6.45, 7) is 5.69. The Morgan fingerprint density at radius 3 is 2.47 bits per heavy atom. The number of carboxylic acid groups (broad SMARTS) is 1. The summed E-state index contributed by atoms with van der Waals surface area (Å²) in [4.78, 5) is 24.3. The van der Waals surface area contributed by atoms with Gasteiger partial charge >= 0.3 is 5.97 Å². The number of aromatic carboxylic acids is 1. The van der Waals surface area contributed by atoms with Gasteiger partial charge in [0, 0.05) is 10.0 Å². The normalized spacial score (nSPS) is 11.3. The number of benzene rings is 3. The van der Waals surface area contributed by atoms with Crippen molar-refractivity contribution in [3.63, 3.8) is 0 Å². The molecule has 3 N–H and O–H groups in total. The van der Waals surface area contributed by atoms with Gasteiger partial charge in [-0.3, -0.25) is 9.89 Å². The van der Waals surface area contributed by atoms with Gasteiger partial charge in [0.1, 0.15) is 5.69 Å². The first-order valence-corrected chi connectivity index (χ1v) is 11.1. The predicted octanol–water partition coefficient (Wildman–Crippen LogP) is 6.34. The van der Waals surface area contributed by atoms with Crippen LogP contribution < -0.4 is 5.56 Å². The van der Waals surface area contributed by atoms with Gasteiger partial charge in [0.25, 0.3) is 5.56 Å². The van der Waals surface area contributed by atoms with Crippen molar-refractivity contribution in [2.75, 3.05) is 0 Å². The van der Waals surface area contributed by atoms with E-state index in [1.807, 2.05) is 32.0 Å². The molecule has 3 aromatic carbocycles. The molecule has 4 aromatic rings. The first-order valence-electron chi connectivity index (χ1n) is 10.3. The number of hydrogen-bond donors (Lipinski definition) is 3. The Kier molecular flexibility index (Phi) is 6.21. The second-order valence-electron chi connectivity index (χ2n) is 7.90. The largest absolute Gasteiger partial charge is 0.505 e. The average molecular weight is 521 g/mol. The molecule has 0 radical (unpaired) electrons. The van der Waals surface area contributed by atoms with Gasteiger partial charge in [0.15, 0.2) is 11.4 Å². The molecule has 0 bridgehead atoms. The fourth-order valence-corrected chi connectivity index (χ4v) is 3.95. The quantitative estimate of drug-likeness (QED) is 0.266. The highest BCUT2D eigenvalue weighted by atomic mass is 79.9. The molecule has 0 saturated heterocycles. The maximum Gasteiger partial charge on any atom is 0.335 e. The van der Waals surface area contributed by atoms with Crippen LogP contribution in [-0.4, -0.2) is 26.0 Å². The molecule has 0 amide bonds. The monoisotopic (exact) mass is 520 g/mol. The Bertz CT molecular complexity index is 1520. The molecule has 0 aliphatic heterocycles. The Morgan fingerprint density at radius 1 is 1.00 bits per heavy atom. The van der Waals surface area contributed by atoms with Crippen molar-refractivity contribution < 1.29 is 15.0 Å². The number of carbonyl (C=O) groups is 1. The molecule has 1 heterocycles. The van der Waals surface area contributed by atoms with Crippen LogP contribution in [0.1, 0.15) is 27.2 Å². The van der Waals surface area contributed by atoms with Gasteiger partial charge in [-0.2, -0.15) is 0 Å². The van der Waals surface area contributed by atoms with E-state index in [9.17, 15) is 19.8 Å². The number of phenols is 1. The van der Waals surface area contributed by atoms with E-state index in [1.54, 1.807) is 31.2 Å². The zero-order chi connectivity index (χ0) is 24.6. The van der Waals surface area contributed by atoms with Crippen LogP contribution in [0.4, 0.5) is 11.4 Å². The first-order chi connectivity index (χ1) is 16.2. The number of halogens is 1. The van der Waals surface area contributed by atoms with Crippen LogP contribution in [0.5, 0.6) is 5.75 Å². The van der Waals surface area contributed by atoms with Crippen LogP contribution >= 0.6 is 15.9 Å². The topological polar surface area (TPSA) is 120 Å². The molecule has 1 aromatic heterocycles. The van der Waals surface area contributed by atoms with E-state index in [-0.39, 0.29) is 28.2 Å². The Hall–Kier alpha value is -3.98. The molecule has 8 nitrogen and oxygen atoms in total. The van der Waals surface area contributed by atoms with E-state index in [0.717, 1.165) is 11.1 Å². The summed E-state index contributed by atoms with van der Waals surface area (Å²) in [6.07, 6.45) is 0. The average Bonchev–Trinajstić information content (AvgIpc) is 3.09. The van der Waals surface area contributed by atoms with E-state index in [2.05, 4.69) is 31.3 Å². The number of carboxylic acids is 1. The lowest BCUT2D eigenvalue weighted by atomic mass is 10.0. The molecule has 0 spiro atoms. The minimum absolute atomic E-state index is 0.0925. The SMILES string of the molecule is Cc1ccc(-n2[nH]c(C)c(N=Nc3cc(Br)cc(-c4cccc(C(=O)O)c4)c3O)c2=O)cc1C. The van der Waals surface area contributed by atoms with Gasteiger partial charge in [-0.15, -0.1) is 10.2 Å². The van der Waals surface area contributed by atoms with Crippen molar-refractivity contribution in [2.45, 2.75) is 20.8 Å². The summed E-state index contributed by atoms with van der Waals surface area (Å²) in [7, 11) is 0. The number of nitrogens with one attached hydrogen (secondary N) is 1. The highest BCUT2D eigenvalue weighted by molar-refractivity contribution is 9.10. The Balaban J connectivity index is 1.75. The van der Waals surface area contributed by atoms with Crippen LogP contribution in [0.2, 0.25) is 0 Å². The zero-order valence-corrected chi connectivity index (χ0v) is 20.2. The van der Waals surface area contributed by atoms with Crippen LogP contribution in [0.3, 0.4) is 0 Å². The van der Waals surface area contributed by atoms with E-state index in [0.29, 0.717) is 27.0 Å². The summed E-state index contributed by atoms with van der Waals surface area (Å²) >= 11 is 3.39. The molecule has 0 unspecified atom stereocenters. The number of phenolic OH excluding ortho intramolecular Hbond substituents is 1. The molecule has 4 rings (SSSR count). The molecular formula is C25H21BrN4O4. The molecule has 0 aliphatic carbocycles. The summed E-state index contributed by atoms with van der Waals surface area (Å²) < 4.78 is 2.01. The smallest absolute Gasteiger partial charge is 0.335 e. The van der Waals surface area contributed by atoms with Crippen LogP contribution in [0, 0.1) is 20.8 Å². The minimum Gasteiger partial charge on any atom is -0.505 e. The molecule has 9 heteroatoms. The number of hydrogen-bond acceptors (Lipinski definition) is 5. The maximum atomic E-state index is 13.0. The predicted molar refractivity (Wildman–Crippen MR) is 133 cm³/mol. The van der Waals surface area contributed by atoms with Crippen molar-refractivity contribution in [1.82, 2.24) is 9.78 Å². The number of aromatic amines is 1. The summed E-state index contributed by atoms with van der Waals surface area (Å²) in [6, 6.07) is 15.1. The molecule has 0 saturated carbocycles. The molecular weight excluding hydrogens is 500 g/mol. The third kappa shape index (κ3) is 4.42. The van der Waals surface area contributed by atoms with Crippen LogP contribution in [0.25, 0.3) is 16.8 Å². The van der Waals surface area contributed by atoms with Crippen molar-refractivity contribution in [3.05, 3.63) is 91.8 Å². The van der Waals surface area contributed by atoms with Crippen LogP contribution in [-0.2, 0) is 0 Å². The fourth-order valence-electron chi connectivity index (χ4n) is 3.51. The first kappa shape index (κ1) is 23.2. The second-order valence-corrected chi connectivity index (χ2v) is 8.82. The minimum atomic E-state index is -1.07. The second kappa shape index (κ2) is 9.11. The van der Waals surface area contributed by atoms with Crippen LogP contribution in [0.15, 0.2) is 74.1 Å². The maximum absolute atomic E-state index is 13.0. The fraction of sp³-hybridized carbons (Fsp3) is 0.120. The van der Waals surface area contributed by atoms with Gasteiger partial charge in [0.2, 0.25) is 0 Å². The molecule has 0 aliphatic rings. The van der Waals surface area contributed by atoms with Crippen molar-refractivity contribution >= 4 is 33.3 Å². The summed E-state index contributed by atoms with van der Waals surface area (Å²) in [5.74, 6) is -1.25. The number of H-pyrrole nitrogens is 1. The van der Waals surface area contributed by atoms with Gasteiger partial charge in [-0.05, 0) is 73.9 Å². The molecule has 0 atom stereocenters. The van der Waals surface area contributed by atoms with E-state index in [4.69, 9.17) is 0 Å². The number of aryl methyl sites for hydroxylation is 3. The van der Waals surface area contributed by atoms with E-state index < -0.39 is 5.97 Å². The number of rotatable bonds is 5. The number of nitrogens with zero attached hydrogens (tertiary/aromatic N) is 3. The highest BCUT2D eigenvalue weighted by Gasteiger charge is 2.16. The lowest BCUT2D eigenvalue weighted by Crippen LogP contribution is -2.14. The lowest BCUT2D eigenvalue weighted by molar-refractivity contribution is 0.0697. The molecule has 34 heavy (non-hydrogen) atoms. The number of aromatic nitrogens is 2. The standard InChI is InChI=1S/C25H21BrN4O4/c1-13-7-8-19(9-14(13)2)30-24(32)22(15(3)29-30)28-27-21-12-18(26)11-20(23(21)31)16-5-4-6-17(10-16)25(33)34/h4-12,29,31H,1-3H3,(H,33,34). The highest BCUT2D eigenvalue weighted by Crippen LogP contribution is 2.41. The van der Waals surface area contributed by atoms with Gasteiger partial charge in [-0.25, -0.2) is 9.48 Å². The molecule has 0 fully saturated rings. The Labute approximate surface area is 203 Å². The third-order valence-electron chi connectivity index (χ3n) is 5.52. The van der Waals surface area contributed by atoms with Crippen molar-refractivity contribution in [2.24, 2.45) is 10.2 Å². The van der Waals surface area contributed by atoms with Crippen molar-refractivity contribution in [1.29, 1.82) is 0 Å². The van der Waals surface area contributed by atoms with E-state index >= 15 is 0 Å². The summed E-state index contributed by atoms with van der Waals surface area (Å²) in [5.41, 5.74) is 4.24. The lowest BCUT2D eigenvalue weighted by Gasteiger charge is -2.09. The zero-order valence-electron chi connectivity index (χ0n) is 18.6. The van der Waals surface area contributed by atoms with E-state index in [1.165, 1.54) is 16.8 Å². The number of aromatic hydroxyl groups is 1. The number of azo groups is 1. The van der Waals surface area contributed by atoms with Gasteiger partial charge in [0.05, 0.1) is 16.9 Å². The summed E-state index contributed by atoms with van der Waals surface area (Å²) in [5, 5.41) is 31.4. The third-order valence-corrected chi connectivity index (χ3v) is 5.98. The molecule has 172 valence electrons. The Morgan fingerprint density at radius 2 is 1.76 bits per heavy atom. The van der Waals surface area contributed by atoms with Crippen molar-refractivity contribution in [3.8, 4) is 22.6 Å².